The minimum Gasteiger partial charge on any atom is -0.399 e. The molecule has 0 aliphatic carbocycles. The Bertz CT molecular complexity index is 601. The Morgan fingerprint density at radius 3 is 2.67 bits per heavy atom. The fourth-order valence-electron chi connectivity index (χ4n) is 1.86. The number of aromatic nitrogens is 2. The zero-order valence-electron chi connectivity index (χ0n) is 10.3. The first-order valence-electron chi connectivity index (χ1n) is 5.91. The molecule has 0 unspecified atom stereocenters. The van der Waals surface area contributed by atoms with Crippen molar-refractivity contribution in [2.45, 2.75) is 26.4 Å². The highest BCUT2D eigenvalue weighted by molar-refractivity contribution is 5.40. The number of hydrogen-bond donors (Lipinski definition) is 1. The summed E-state index contributed by atoms with van der Waals surface area (Å²) in [5.41, 5.74) is 6.20. The van der Waals surface area contributed by atoms with E-state index in [4.69, 9.17) is 5.73 Å². The van der Waals surface area contributed by atoms with E-state index in [-0.39, 0.29) is 18.1 Å². The van der Waals surface area contributed by atoms with Gasteiger partial charge in [0.05, 0.1) is 6.54 Å². The number of nitrogen functional groups attached to an aromatic ring is 1. The van der Waals surface area contributed by atoms with E-state index in [0.717, 1.165) is 6.42 Å². The van der Waals surface area contributed by atoms with Gasteiger partial charge in [0, 0.05) is 30.2 Å². The van der Waals surface area contributed by atoms with Crippen LogP contribution < -0.4 is 11.4 Å². The van der Waals surface area contributed by atoms with Crippen molar-refractivity contribution >= 4 is 5.69 Å². The summed E-state index contributed by atoms with van der Waals surface area (Å²) in [6.07, 6.45) is 4.29. The molecule has 2 rings (SSSR count). The minimum absolute atomic E-state index is 0.118. The lowest BCUT2D eigenvalue weighted by Gasteiger charge is -2.04. The van der Waals surface area contributed by atoms with Gasteiger partial charge in [-0.15, -0.1) is 0 Å². The van der Waals surface area contributed by atoms with Gasteiger partial charge in [-0.05, 0) is 18.6 Å². The third-order valence-electron chi connectivity index (χ3n) is 2.80. The van der Waals surface area contributed by atoms with Crippen LogP contribution in [0.15, 0.2) is 35.4 Å². The van der Waals surface area contributed by atoms with Crippen molar-refractivity contribution in [3.05, 3.63) is 52.5 Å². The number of halogens is 1. The maximum atomic E-state index is 13.6. The van der Waals surface area contributed by atoms with E-state index in [1.807, 2.05) is 6.92 Å². The van der Waals surface area contributed by atoms with Crippen molar-refractivity contribution in [3.8, 4) is 0 Å². The lowest BCUT2D eigenvalue weighted by Crippen LogP contribution is -2.24. The quantitative estimate of drug-likeness (QED) is 0.840. The van der Waals surface area contributed by atoms with Gasteiger partial charge in [0.1, 0.15) is 5.82 Å². The van der Waals surface area contributed by atoms with E-state index in [1.165, 1.54) is 10.6 Å². The molecule has 1 heterocycles. The van der Waals surface area contributed by atoms with E-state index in [9.17, 15) is 9.18 Å². The van der Waals surface area contributed by atoms with E-state index >= 15 is 0 Å². The summed E-state index contributed by atoms with van der Waals surface area (Å²) in [6, 6.07) is 4.50. The van der Waals surface area contributed by atoms with Crippen LogP contribution in [-0.4, -0.2) is 9.13 Å². The van der Waals surface area contributed by atoms with Crippen molar-refractivity contribution in [2.75, 3.05) is 5.73 Å². The van der Waals surface area contributed by atoms with Crippen LogP contribution in [0.1, 0.15) is 18.9 Å². The Balaban J connectivity index is 2.26. The molecule has 1 aromatic heterocycles. The Morgan fingerprint density at radius 1 is 1.28 bits per heavy atom. The zero-order chi connectivity index (χ0) is 13.1. The summed E-state index contributed by atoms with van der Waals surface area (Å²) >= 11 is 0. The lowest BCUT2D eigenvalue weighted by molar-refractivity contribution is 0.585. The molecule has 2 aromatic rings. The average Bonchev–Trinajstić information content (AvgIpc) is 2.66. The zero-order valence-corrected chi connectivity index (χ0v) is 10.3. The van der Waals surface area contributed by atoms with E-state index < -0.39 is 0 Å². The van der Waals surface area contributed by atoms with Gasteiger partial charge in [-0.2, -0.15) is 0 Å². The second kappa shape index (κ2) is 5.08. The Hall–Kier alpha value is -2.04. The Morgan fingerprint density at radius 2 is 2.00 bits per heavy atom. The smallest absolute Gasteiger partial charge is 0.328 e. The molecule has 0 saturated carbocycles. The number of imidazole rings is 1. The summed E-state index contributed by atoms with van der Waals surface area (Å²) in [4.78, 5) is 11.9. The largest absolute Gasteiger partial charge is 0.399 e. The number of nitrogens with zero attached hydrogens (tertiary/aromatic N) is 2. The summed E-state index contributed by atoms with van der Waals surface area (Å²) in [7, 11) is 0. The van der Waals surface area contributed by atoms with E-state index in [2.05, 4.69) is 0 Å². The second-order valence-corrected chi connectivity index (χ2v) is 4.25. The monoisotopic (exact) mass is 249 g/mol. The van der Waals surface area contributed by atoms with Crippen molar-refractivity contribution in [1.29, 1.82) is 0 Å². The third kappa shape index (κ3) is 2.45. The first-order valence-corrected chi connectivity index (χ1v) is 5.91. The highest BCUT2D eigenvalue weighted by Gasteiger charge is 2.07. The molecule has 2 N–H and O–H groups in total. The second-order valence-electron chi connectivity index (χ2n) is 4.25. The van der Waals surface area contributed by atoms with Crippen LogP contribution in [-0.2, 0) is 13.1 Å². The molecule has 4 nitrogen and oxygen atoms in total. The maximum absolute atomic E-state index is 13.6. The Kier molecular flexibility index (Phi) is 3.50. The normalized spacial score (nSPS) is 10.8. The molecular formula is C13H16FN3O. The summed E-state index contributed by atoms with van der Waals surface area (Å²) in [6.45, 7) is 2.90. The van der Waals surface area contributed by atoms with Gasteiger partial charge in [0.15, 0.2) is 0 Å². The molecule has 0 amide bonds. The predicted octanol–water partition coefficient (Wildman–Crippen LogP) is 1.83. The maximum Gasteiger partial charge on any atom is 0.328 e. The molecule has 0 spiro atoms. The van der Waals surface area contributed by atoms with Crippen LogP contribution in [0.2, 0.25) is 0 Å². The molecular weight excluding hydrogens is 233 g/mol. The number of rotatable bonds is 4. The van der Waals surface area contributed by atoms with Crippen molar-refractivity contribution in [3.63, 3.8) is 0 Å². The van der Waals surface area contributed by atoms with Crippen molar-refractivity contribution in [2.24, 2.45) is 0 Å². The molecule has 5 heteroatoms. The number of benzene rings is 1. The van der Waals surface area contributed by atoms with Crippen molar-refractivity contribution in [1.82, 2.24) is 9.13 Å². The lowest BCUT2D eigenvalue weighted by atomic mass is 10.2. The van der Waals surface area contributed by atoms with Crippen LogP contribution >= 0.6 is 0 Å². The van der Waals surface area contributed by atoms with E-state index in [1.54, 1.807) is 29.1 Å². The summed E-state index contributed by atoms with van der Waals surface area (Å²) < 4.78 is 16.7. The minimum atomic E-state index is -0.384. The number of hydrogen-bond acceptors (Lipinski definition) is 2. The fraction of sp³-hybridized carbons (Fsp3) is 0.308. The first kappa shape index (κ1) is 12.4. The van der Waals surface area contributed by atoms with Crippen LogP contribution in [0.3, 0.4) is 0 Å². The molecule has 0 aliphatic heterocycles. The molecule has 0 aliphatic rings. The van der Waals surface area contributed by atoms with Crippen LogP contribution in [0.25, 0.3) is 0 Å². The average molecular weight is 249 g/mol. The number of nitrogens with two attached hydrogens (primary N) is 1. The van der Waals surface area contributed by atoms with Crippen LogP contribution in [0.4, 0.5) is 10.1 Å². The molecule has 0 atom stereocenters. The summed E-state index contributed by atoms with van der Waals surface area (Å²) in [5.74, 6) is -0.384. The number of aryl methyl sites for hydroxylation is 1. The Labute approximate surface area is 104 Å². The molecule has 0 fully saturated rings. The van der Waals surface area contributed by atoms with Crippen LogP contribution in [0, 0.1) is 5.82 Å². The van der Waals surface area contributed by atoms with Gasteiger partial charge in [-0.25, -0.2) is 9.18 Å². The fourth-order valence-corrected chi connectivity index (χ4v) is 1.86. The van der Waals surface area contributed by atoms with Gasteiger partial charge >= 0.3 is 5.69 Å². The van der Waals surface area contributed by atoms with Gasteiger partial charge in [0.25, 0.3) is 0 Å². The molecule has 96 valence electrons. The topological polar surface area (TPSA) is 52.9 Å². The molecule has 0 bridgehead atoms. The van der Waals surface area contributed by atoms with Gasteiger partial charge in [-0.3, -0.25) is 9.13 Å². The molecule has 0 radical (unpaired) electrons. The molecule has 1 aromatic carbocycles. The van der Waals surface area contributed by atoms with Crippen LogP contribution in [0.5, 0.6) is 0 Å². The molecule has 18 heavy (non-hydrogen) atoms. The molecule has 0 saturated heterocycles. The standard InChI is InChI=1S/C13H16FN3O/c1-2-5-16-6-7-17(13(16)18)9-10-3-4-11(15)8-12(10)14/h3-4,6-8H,2,5,9,15H2,1H3. The first-order chi connectivity index (χ1) is 8.61. The SMILES string of the molecule is CCCn1ccn(Cc2ccc(N)cc2F)c1=O. The predicted molar refractivity (Wildman–Crippen MR) is 68.9 cm³/mol. The van der Waals surface area contributed by atoms with Crippen molar-refractivity contribution < 1.29 is 4.39 Å². The van der Waals surface area contributed by atoms with E-state index in [0.29, 0.717) is 17.8 Å². The highest BCUT2D eigenvalue weighted by Crippen LogP contribution is 2.12. The van der Waals surface area contributed by atoms with Gasteiger partial charge in [-0.1, -0.05) is 13.0 Å². The third-order valence-corrected chi connectivity index (χ3v) is 2.80. The van der Waals surface area contributed by atoms with Gasteiger partial charge < -0.3 is 5.73 Å². The summed E-state index contributed by atoms with van der Waals surface area (Å²) in [5, 5.41) is 0. The highest BCUT2D eigenvalue weighted by atomic mass is 19.1. The number of anilines is 1. The van der Waals surface area contributed by atoms with Gasteiger partial charge in [0.2, 0.25) is 0 Å².